The van der Waals surface area contributed by atoms with Crippen molar-refractivity contribution in [3.05, 3.63) is 28.8 Å². The molecule has 2 N–H and O–H groups in total. The van der Waals surface area contributed by atoms with Crippen LogP contribution in [-0.4, -0.2) is 13.1 Å². The van der Waals surface area contributed by atoms with Crippen LogP contribution in [0.2, 0.25) is 5.02 Å². The predicted molar refractivity (Wildman–Crippen MR) is 86.4 cm³/mol. The second-order valence-corrected chi connectivity index (χ2v) is 7.10. The van der Waals surface area contributed by atoms with Crippen LogP contribution in [0.3, 0.4) is 0 Å². The lowest BCUT2D eigenvalue weighted by Crippen LogP contribution is -2.39. The van der Waals surface area contributed by atoms with Gasteiger partial charge >= 0.3 is 0 Å². The summed E-state index contributed by atoms with van der Waals surface area (Å²) in [6.07, 6.45) is 8.42. The minimum Gasteiger partial charge on any atom is -0.370 e. The zero-order valence-corrected chi connectivity index (χ0v) is 13.1. The molecule has 1 aromatic carbocycles. The summed E-state index contributed by atoms with van der Waals surface area (Å²) in [6.45, 7) is 4.30. The minimum absolute atomic E-state index is 0.0460. The standard InChI is InChI=1S/C17H25ClN2/c1-13(19)14-4-5-16(15(18)12-14)20-10-8-17(9-11-20)6-2-3-7-17/h4-5,12-13H,2-3,6-11,19H2,1H3/t13-/m0/s1. The normalized spacial score (nSPS) is 23.2. The molecule has 1 saturated carbocycles. The van der Waals surface area contributed by atoms with Crippen LogP contribution in [0.1, 0.15) is 57.1 Å². The summed E-state index contributed by atoms with van der Waals surface area (Å²) in [7, 11) is 0. The van der Waals surface area contributed by atoms with E-state index in [0.717, 1.165) is 23.7 Å². The van der Waals surface area contributed by atoms with Crippen molar-refractivity contribution < 1.29 is 0 Å². The first-order valence-corrected chi connectivity index (χ1v) is 8.27. The molecule has 1 aromatic rings. The topological polar surface area (TPSA) is 29.3 Å². The van der Waals surface area contributed by atoms with Gasteiger partial charge in [-0.05, 0) is 55.7 Å². The van der Waals surface area contributed by atoms with Gasteiger partial charge in [0, 0.05) is 19.1 Å². The molecule has 110 valence electrons. The van der Waals surface area contributed by atoms with Gasteiger partial charge in [0.1, 0.15) is 0 Å². The maximum atomic E-state index is 6.46. The van der Waals surface area contributed by atoms with Crippen LogP contribution in [0.4, 0.5) is 5.69 Å². The Labute approximate surface area is 127 Å². The van der Waals surface area contributed by atoms with Crippen molar-refractivity contribution in [3.8, 4) is 0 Å². The number of nitrogens with zero attached hydrogens (tertiary/aromatic N) is 1. The van der Waals surface area contributed by atoms with E-state index in [0.29, 0.717) is 5.41 Å². The lowest BCUT2D eigenvalue weighted by Gasteiger charge is -2.40. The molecule has 0 radical (unpaired) electrons. The first-order valence-electron chi connectivity index (χ1n) is 7.90. The van der Waals surface area contributed by atoms with Crippen LogP contribution in [0.5, 0.6) is 0 Å². The summed E-state index contributed by atoms with van der Waals surface area (Å²) < 4.78 is 0. The van der Waals surface area contributed by atoms with Crippen molar-refractivity contribution in [3.63, 3.8) is 0 Å². The molecule has 1 saturated heterocycles. The molecule has 20 heavy (non-hydrogen) atoms. The van der Waals surface area contributed by atoms with Gasteiger partial charge in [0.05, 0.1) is 10.7 Å². The molecule has 1 heterocycles. The molecule has 3 rings (SSSR count). The Kier molecular flexibility index (Phi) is 3.96. The Morgan fingerprint density at radius 2 is 1.80 bits per heavy atom. The third-order valence-electron chi connectivity index (χ3n) is 5.33. The molecule has 0 bridgehead atoms. The van der Waals surface area contributed by atoms with E-state index in [9.17, 15) is 0 Å². The Balaban J connectivity index is 1.71. The zero-order chi connectivity index (χ0) is 14.2. The third kappa shape index (κ3) is 2.68. The maximum absolute atomic E-state index is 6.46. The van der Waals surface area contributed by atoms with Crippen LogP contribution < -0.4 is 10.6 Å². The second kappa shape index (κ2) is 5.57. The Morgan fingerprint density at radius 1 is 1.15 bits per heavy atom. The molecule has 0 aromatic heterocycles. The minimum atomic E-state index is 0.0460. The summed E-state index contributed by atoms with van der Waals surface area (Å²) in [5.41, 5.74) is 8.88. The molecule has 1 aliphatic heterocycles. The number of piperidine rings is 1. The van der Waals surface area contributed by atoms with Gasteiger partial charge in [-0.3, -0.25) is 0 Å². The van der Waals surface area contributed by atoms with Gasteiger partial charge in [0.2, 0.25) is 0 Å². The van der Waals surface area contributed by atoms with Gasteiger partial charge in [0.25, 0.3) is 0 Å². The van der Waals surface area contributed by atoms with Crippen molar-refractivity contribution in [2.24, 2.45) is 11.1 Å². The number of rotatable bonds is 2. The van der Waals surface area contributed by atoms with Gasteiger partial charge in [-0.15, -0.1) is 0 Å². The van der Waals surface area contributed by atoms with Crippen LogP contribution in [0, 0.1) is 5.41 Å². The fraction of sp³-hybridized carbons (Fsp3) is 0.647. The van der Waals surface area contributed by atoms with E-state index in [2.05, 4.69) is 17.0 Å². The van der Waals surface area contributed by atoms with Crippen LogP contribution in [0.25, 0.3) is 0 Å². The second-order valence-electron chi connectivity index (χ2n) is 6.69. The van der Waals surface area contributed by atoms with Crippen molar-refractivity contribution in [2.75, 3.05) is 18.0 Å². The van der Waals surface area contributed by atoms with E-state index < -0.39 is 0 Å². The smallest absolute Gasteiger partial charge is 0.0642 e. The average molecular weight is 293 g/mol. The molecule has 2 nitrogen and oxygen atoms in total. The average Bonchev–Trinajstić information content (AvgIpc) is 2.88. The number of anilines is 1. The van der Waals surface area contributed by atoms with Crippen molar-refractivity contribution >= 4 is 17.3 Å². The third-order valence-corrected chi connectivity index (χ3v) is 5.63. The van der Waals surface area contributed by atoms with Gasteiger partial charge in [0.15, 0.2) is 0 Å². The van der Waals surface area contributed by atoms with Gasteiger partial charge in [-0.25, -0.2) is 0 Å². The molecule has 2 fully saturated rings. The molecular weight excluding hydrogens is 268 g/mol. The van der Waals surface area contributed by atoms with Gasteiger partial charge < -0.3 is 10.6 Å². The van der Waals surface area contributed by atoms with E-state index in [1.165, 1.54) is 44.2 Å². The van der Waals surface area contributed by atoms with Gasteiger partial charge in [-0.2, -0.15) is 0 Å². The number of hydrogen-bond acceptors (Lipinski definition) is 2. The zero-order valence-electron chi connectivity index (χ0n) is 12.4. The number of halogens is 1. The van der Waals surface area contributed by atoms with E-state index in [-0.39, 0.29) is 6.04 Å². The van der Waals surface area contributed by atoms with Crippen LogP contribution in [0.15, 0.2) is 18.2 Å². The highest BCUT2D eigenvalue weighted by Crippen LogP contribution is 2.47. The molecule has 0 unspecified atom stereocenters. The summed E-state index contributed by atoms with van der Waals surface area (Å²) in [4.78, 5) is 2.46. The van der Waals surface area contributed by atoms with E-state index in [1.54, 1.807) is 0 Å². The fourth-order valence-electron chi connectivity index (χ4n) is 3.91. The van der Waals surface area contributed by atoms with Crippen LogP contribution in [-0.2, 0) is 0 Å². The molecule has 1 atom stereocenters. The fourth-order valence-corrected chi connectivity index (χ4v) is 4.22. The highest BCUT2D eigenvalue weighted by atomic mass is 35.5. The highest BCUT2D eigenvalue weighted by Gasteiger charge is 2.37. The molecule has 2 aliphatic rings. The van der Waals surface area contributed by atoms with E-state index in [1.807, 2.05) is 13.0 Å². The Bertz CT molecular complexity index is 468. The molecular formula is C17H25ClN2. The summed E-state index contributed by atoms with van der Waals surface area (Å²) in [6, 6.07) is 6.34. The Hall–Kier alpha value is -0.730. The summed E-state index contributed by atoms with van der Waals surface area (Å²) >= 11 is 6.46. The quantitative estimate of drug-likeness (QED) is 0.868. The van der Waals surface area contributed by atoms with E-state index in [4.69, 9.17) is 17.3 Å². The summed E-state index contributed by atoms with van der Waals surface area (Å²) in [5, 5.41) is 0.849. The highest BCUT2D eigenvalue weighted by molar-refractivity contribution is 6.33. The number of nitrogens with two attached hydrogens (primary N) is 1. The SMILES string of the molecule is C[C@H](N)c1ccc(N2CCC3(CCCC3)CC2)c(Cl)c1. The van der Waals surface area contributed by atoms with Gasteiger partial charge in [-0.1, -0.05) is 30.5 Å². The maximum Gasteiger partial charge on any atom is 0.0642 e. The molecule has 0 amide bonds. The predicted octanol–water partition coefficient (Wildman–Crippen LogP) is 4.52. The van der Waals surface area contributed by atoms with Crippen molar-refractivity contribution in [1.82, 2.24) is 0 Å². The number of benzene rings is 1. The Morgan fingerprint density at radius 3 is 2.35 bits per heavy atom. The molecule has 3 heteroatoms. The monoisotopic (exact) mass is 292 g/mol. The first kappa shape index (κ1) is 14.2. The summed E-state index contributed by atoms with van der Waals surface area (Å²) in [5.74, 6) is 0. The first-order chi connectivity index (χ1) is 9.60. The van der Waals surface area contributed by atoms with E-state index >= 15 is 0 Å². The van der Waals surface area contributed by atoms with Crippen LogP contribution >= 0.6 is 11.6 Å². The van der Waals surface area contributed by atoms with Crippen molar-refractivity contribution in [2.45, 2.75) is 51.5 Å². The lowest BCUT2D eigenvalue weighted by atomic mass is 9.77. The van der Waals surface area contributed by atoms with Crippen molar-refractivity contribution in [1.29, 1.82) is 0 Å². The largest absolute Gasteiger partial charge is 0.370 e. The molecule has 1 aliphatic carbocycles. The lowest BCUT2D eigenvalue weighted by molar-refractivity contribution is 0.226. The number of hydrogen-bond donors (Lipinski definition) is 1. The molecule has 1 spiro atoms.